The third-order valence-electron chi connectivity index (χ3n) is 5.21. The Labute approximate surface area is 158 Å². The van der Waals surface area contributed by atoms with E-state index in [0.717, 1.165) is 30.7 Å². The van der Waals surface area contributed by atoms with E-state index in [0.29, 0.717) is 26.0 Å². The molecule has 0 bridgehead atoms. The van der Waals surface area contributed by atoms with Crippen LogP contribution in [0.4, 0.5) is 0 Å². The van der Waals surface area contributed by atoms with Crippen LogP contribution in [-0.4, -0.2) is 57.2 Å². The molecule has 142 valence electrons. The van der Waals surface area contributed by atoms with Gasteiger partial charge in [-0.25, -0.2) is 9.97 Å². The zero-order valence-electron chi connectivity index (χ0n) is 15.2. The number of rotatable bonds is 6. The summed E-state index contributed by atoms with van der Waals surface area (Å²) in [5.41, 5.74) is 1.86. The van der Waals surface area contributed by atoms with Crippen LogP contribution in [0.3, 0.4) is 0 Å². The van der Waals surface area contributed by atoms with Gasteiger partial charge >= 0.3 is 0 Å². The van der Waals surface area contributed by atoms with Crippen molar-refractivity contribution in [3.8, 4) is 0 Å². The third-order valence-corrected chi connectivity index (χ3v) is 5.21. The minimum atomic E-state index is -0.110. The molecule has 0 saturated carbocycles. The number of hydrogen-bond donors (Lipinski definition) is 0. The van der Waals surface area contributed by atoms with Gasteiger partial charge in [0.1, 0.15) is 18.5 Å². The number of hydrogen-bond acceptors (Lipinski definition) is 6. The molecule has 4 heterocycles. The first-order chi connectivity index (χ1) is 13.3. The van der Waals surface area contributed by atoms with Crippen molar-refractivity contribution < 1.29 is 14.3 Å². The van der Waals surface area contributed by atoms with Crippen LogP contribution in [-0.2, 0) is 27.3 Å². The number of carbonyl (C=O) groups is 1. The Hall–Kier alpha value is -2.38. The Kier molecular flexibility index (Phi) is 5.69. The number of ether oxygens (including phenoxy) is 2. The molecule has 0 aromatic carbocycles. The van der Waals surface area contributed by atoms with Gasteiger partial charge in [0, 0.05) is 38.2 Å². The summed E-state index contributed by atoms with van der Waals surface area (Å²) in [6.45, 7) is 1.74. The first-order valence-corrected chi connectivity index (χ1v) is 9.48. The van der Waals surface area contributed by atoms with Crippen molar-refractivity contribution in [1.82, 2.24) is 19.9 Å². The molecule has 2 aliphatic rings. The molecular formula is C20H24N4O3. The molecule has 0 aliphatic carbocycles. The van der Waals surface area contributed by atoms with E-state index in [9.17, 15) is 4.79 Å². The van der Waals surface area contributed by atoms with Crippen LogP contribution >= 0.6 is 0 Å². The summed E-state index contributed by atoms with van der Waals surface area (Å²) >= 11 is 0. The molecule has 2 fully saturated rings. The second-order valence-electron chi connectivity index (χ2n) is 7.01. The van der Waals surface area contributed by atoms with E-state index >= 15 is 0 Å². The van der Waals surface area contributed by atoms with Gasteiger partial charge in [-0.1, -0.05) is 6.07 Å². The number of amides is 1. The molecule has 0 spiro atoms. The van der Waals surface area contributed by atoms with Crippen molar-refractivity contribution in [3.05, 3.63) is 54.4 Å². The lowest BCUT2D eigenvalue weighted by molar-refractivity contribution is -0.134. The molecule has 4 rings (SSSR count). The molecule has 0 unspecified atom stereocenters. The highest BCUT2D eigenvalue weighted by Gasteiger charge is 2.46. The number of aromatic nitrogens is 3. The number of likely N-dealkylation sites (tertiary alicyclic amines) is 1. The van der Waals surface area contributed by atoms with E-state index in [1.807, 2.05) is 23.1 Å². The van der Waals surface area contributed by atoms with Crippen LogP contribution < -0.4 is 0 Å². The smallest absolute Gasteiger partial charge is 0.223 e. The van der Waals surface area contributed by atoms with Gasteiger partial charge in [0.05, 0.1) is 18.3 Å². The van der Waals surface area contributed by atoms with E-state index in [2.05, 4.69) is 15.0 Å². The van der Waals surface area contributed by atoms with E-state index in [4.69, 9.17) is 9.47 Å². The molecule has 7 heteroatoms. The maximum absolute atomic E-state index is 12.9. The van der Waals surface area contributed by atoms with Crippen LogP contribution in [0, 0.1) is 0 Å². The first-order valence-electron chi connectivity index (χ1n) is 9.48. The highest BCUT2D eigenvalue weighted by atomic mass is 16.5. The fraction of sp³-hybridized carbons (Fsp3) is 0.500. The molecule has 3 atom stereocenters. The normalized spacial score (nSPS) is 24.6. The van der Waals surface area contributed by atoms with E-state index in [-0.39, 0.29) is 24.2 Å². The largest absolute Gasteiger partial charge is 0.373 e. The number of carbonyl (C=O) groups excluding carboxylic acids is 1. The average molecular weight is 368 g/mol. The van der Waals surface area contributed by atoms with Crippen molar-refractivity contribution in [2.75, 3.05) is 13.2 Å². The Morgan fingerprint density at radius 3 is 3.00 bits per heavy atom. The van der Waals surface area contributed by atoms with Gasteiger partial charge in [0.25, 0.3) is 0 Å². The van der Waals surface area contributed by atoms with Gasteiger partial charge in [-0.15, -0.1) is 0 Å². The highest BCUT2D eigenvalue weighted by Crippen LogP contribution is 2.31. The standard InChI is InChI=1S/C20H24N4O3/c25-19(7-6-15-10-21-14-22-11-15)24-12-18(20-17(24)5-3-9-26-20)27-13-16-4-1-2-8-23-16/h1-2,4,8,10-11,14,17-18,20H,3,5-7,9,12-13H2/t17-,18+,20+/m1/s1. The maximum Gasteiger partial charge on any atom is 0.223 e. The summed E-state index contributed by atoms with van der Waals surface area (Å²) in [5.74, 6) is 0.142. The summed E-state index contributed by atoms with van der Waals surface area (Å²) in [7, 11) is 0. The van der Waals surface area contributed by atoms with Crippen molar-refractivity contribution in [1.29, 1.82) is 0 Å². The molecule has 2 saturated heterocycles. The van der Waals surface area contributed by atoms with Gasteiger partial charge in [0.2, 0.25) is 5.91 Å². The number of pyridine rings is 1. The molecule has 2 aromatic heterocycles. The van der Waals surface area contributed by atoms with Crippen LogP contribution in [0.2, 0.25) is 0 Å². The minimum absolute atomic E-state index is 0.0496. The molecular weight excluding hydrogens is 344 g/mol. The van der Waals surface area contributed by atoms with Crippen LogP contribution in [0.15, 0.2) is 43.1 Å². The molecule has 0 N–H and O–H groups in total. The van der Waals surface area contributed by atoms with Crippen molar-refractivity contribution >= 4 is 5.91 Å². The SMILES string of the molecule is O=C(CCc1cncnc1)N1C[C@H](OCc2ccccn2)[C@H]2OCCC[C@H]21. The fourth-order valence-corrected chi connectivity index (χ4v) is 3.87. The molecule has 0 radical (unpaired) electrons. The lowest BCUT2D eigenvalue weighted by Gasteiger charge is -2.32. The van der Waals surface area contributed by atoms with Crippen LogP contribution in [0.1, 0.15) is 30.5 Å². The second-order valence-corrected chi connectivity index (χ2v) is 7.01. The Balaban J connectivity index is 1.38. The second kappa shape index (κ2) is 8.54. The van der Waals surface area contributed by atoms with Gasteiger partial charge in [-0.2, -0.15) is 0 Å². The highest BCUT2D eigenvalue weighted by molar-refractivity contribution is 5.77. The Morgan fingerprint density at radius 2 is 2.19 bits per heavy atom. The van der Waals surface area contributed by atoms with Gasteiger partial charge in [0.15, 0.2) is 0 Å². The maximum atomic E-state index is 12.9. The summed E-state index contributed by atoms with van der Waals surface area (Å²) < 4.78 is 12.1. The van der Waals surface area contributed by atoms with E-state index in [1.54, 1.807) is 18.6 Å². The number of nitrogens with zero attached hydrogens (tertiary/aromatic N) is 4. The van der Waals surface area contributed by atoms with Crippen molar-refractivity contribution in [2.24, 2.45) is 0 Å². The molecule has 2 aromatic rings. The topological polar surface area (TPSA) is 77.4 Å². The predicted molar refractivity (Wildman–Crippen MR) is 97.6 cm³/mol. The van der Waals surface area contributed by atoms with Crippen LogP contribution in [0.25, 0.3) is 0 Å². The lowest BCUT2D eigenvalue weighted by atomic mass is 10.0. The zero-order chi connectivity index (χ0) is 18.5. The van der Waals surface area contributed by atoms with Gasteiger partial charge < -0.3 is 14.4 Å². The lowest BCUT2D eigenvalue weighted by Crippen LogP contribution is -2.43. The van der Waals surface area contributed by atoms with Crippen LogP contribution in [0.5, 0.6) is 0 Å². The Bertz CT molecular complexity index is 743. The predicted octanol–water partition coefficient (Wildman–Crippen LogP) is 1.78. The summed E-state index contributed by atoms with van der Waals surface area (Å²) in [6, 6.07) is 5.88. The summed E-state index contributed by atoms with van der Waals surface area (Å²) in [5, 5.41) is 0. The number of aryl methyl sites for hydroxylation is 1. The van der Waals surface area contributed by atoms with Crippen molar-refractivity contribution in [3.63, 3.8) is 0 Å². The molecule has 2 aliphatic heterocycles. The zero-order valence-corrected chi connectivity index (χ0v) is 15.2. The van der Waals surface area contributed by atoms with Gasteiger partial charge in [-0.3, -0.25) is 9.78 Å². The fourth-order valence-electron chi connectivity index (χ4n) is 3.87. The number of fused-ring (bicyclic) bond motifs is 1. The average Bonchev–Trinajstić information content (AvgIpc) is 3.11. The van der Waals surface area contributed by atoms with E-state index < -0.39 is 0 Å². The molecule has 27 heavy (non-hydrogen) atoms. The molecule has 7 nitrogen and oxygen atoms in total. The molecule has 1 amide bonds. The van der Waals surface area contributed by atoms with Crippen molar-refractivity contribution in [2.45, 2.75) is 50.5 Å². The van der Waals surface area contributed by atoms with Gasteiger partial charge in [-0.05, 0) is 37.0 Å². The summed E-state index contributed by atoms with van der Waals surface area (Å²) in [4.78, 5) is 27.1. The van der Waals surface area contributed by atoms with E-state index in [1.165, 1.54) is 6.33 Å². The summed E-state index contributed by atoms with van der Waals surface area (Å²) in [6.07, 6.45) is 9.66. The first kappa shape index (κ1) is 18.0. The minimum Gasteiger partial charge on any atom is -0.373 e. The Morgan fingerprint density at radius 1 is 1.30 bits per heavy atom. The third kappa shape index (κ3) is 4.31. The monoisotopic (exact) mass is 368 g/mol. The quantitative estimate of drug-likeness (QED) is 0.773.